The van der Waals surface area contributed by atoms with Crippen molar-refractivity contribution in [2.75, 3.05) is 31.7 Å². The maximum atomic E-state index is 13.3. The summed E-state index contributed by atoms with van der Waals surface area (Å²) in [5.41, 5.74) is 9.20. The van der Waals surface area contributed by atoms with E-state index in [1.165, 1.54) is 23.8 Å². The number of β-lactam (4-membered cyclic amide) rings is 1. The average molecular weight is 690 g/mol. The van der Waals surface area contributed by atoms with Crippen LogP contribution in [-0.2, 0) is 32.3 Å². The average Bonchev–Trinajstić information content (AvgIpc) is 3.90. The molecule has 248 valence electrons. The van der Waals surface area contributed by atoms with Crippen LogP contribution in [0.25, 0.3) is 5.65 Å². The number of anilines is 1. The lowest BCUT2D eigenvalue weighted by Gasteiger charge is -2.49. The van der Waals surface area contributed by atoms with Crippen molar-refractivity contribution in [1.82, 2.24) is 29.3 Å². The van der Waals surface area contributed by atoms with E-state index in [4.69, 9.17) is 16.0 Å². The number of amides is 2. The Balaban J connectivity index is 1.05. The number of aromatic nitrogens is 4. The zero-order valence-electron chi connectivity index (χ0n) is 25.9. The van der Waals surface area contributed by atoms with Gasteiger partial charge in [0.15, 0.2) is 17.0 Å². The quantitative estimate of drug-likeness (QED) is 0.0626. The SMILES string of the molecule is CO/N=C(\C(=O)N[C@@H]1C(=O)N2C(C(=O)O)=C(Cn3ccc4n3cc[n+]4Cc3ccc(C(=N)N4CCCC4)cc3)CS[C@H]12)c1csc(N)n1. The second-order valence-corrected chi connectivity index (χ2v) is 13.6. The molecule has 48 heavy (non-hydrogen) atoms. The largest absolute Gasteiger partial charge is 0.477 e. The third kappa shape index (κ3) is 5.68. The number of thiazole rings is 1. The second kappa shape index (κ2) is 12.8. The first-order valence-electron chi connectivity index (χ1n) is 15.3. The highest BCUT2D eigenvalue weighted by Gasteiger charge is 2.54. The minimum absolute atomic E-state index is 0.0752. The van der Waals surface area contributed by atoms with E-state index in [1.54, 1.807) is 5.38 Å². The van der Waals surface area contributed by atoms with Crippen molar-refractivity contribution in [3.63, 3.8) is 0 Å². The summed E-state index contributed by atoms with van der Waals surface area (Å²) in [5, 5.41) is 26.4. The monoisotopic (exact) mass is 689 g/mol. The number of nitrogens with one attached hydrogen (secondary N) is 2. The maximum Gasteiger partial charge on any atom is 0.352 e. The number of carboxylic acid groups (broad SMARTS) is 1. The Kier molecular flexibility index (Phi) is 8.38. The van der Waals surface area contributed by atoms with Gasteiger partial charge in [0, 0.05) is 29.8 Å². The summed E-state index contributed by atoms with van der Waals surface area (Å²) in [6, 6.07) is 9.11. The number of amidine groups is 1. The minimum atomic E-state index is -1.21. The van der Waals surface area contributed by atoms with Crippen LogP contribution in [0.3, 0.4) is 0 Å². The van der Waals surface area contributed by atoms with Crippen molar-refractivity contribution >= 4 is 63.2 Å². The highest BCUT2D eigenvalue weighted by Crippen LogP contribution is 2.40. The van der Waals surface area contributed by atoms with E-state index < -0.39 is 29.2 Å². The highest BCUT2D eigenvalue weighted by atomic mass is 32.2. The first kappa shape index (κ1) is 31.4. The van der Waals surface area contributed by atoms with Crippen LogP contribution in [0.5, 0.6) is 0 Å². The van der Waals surface area contributed by atoms with Crippen molar-refractivity contribution in [2.24, 2.45) is 5.16 Å². The molecule has 2 fully saturated rings. The minimum Gasteiger partial charge on any atom is -0.477 e. The molecular formula is C31H33N10O5S2+. The molecule has 0 saturated carbocycles. The van der Waals surface area contributed by atoms with Crippen molar-refractivity contribution < 1.29 is 28.9 Å². The number of carbonyl (C=O) groups excluding carboxylic acids is 2. The maximum absolute atomic E-state index is 13.3. The number of nitrogens with two attached hydrogens (primary N) is 1. The van der Waals surface area contributed by atoms with E-state index in [0.29, 0.717) is 23.7 Å². The van der Waals surface area contributed by atoms with Gasteiger partial charge >= 0.3 is 11.6 Å². The fourth-order valence-corrected chi connectivity index (χ4v) is 8.18. The third-order valence-electron chi connectivity index (χ3n) is 8.64. The Labute approximate surface area is 282 Å². The number of carbonyl (C=O) groups is 3. The molecule has 17 heteroatoms. The third-order valence-corrected chi connectivity index (χ3v) is 10.7. The number of aliphatic carboxylic acids is 1. The van der Waals surface area contributed by atoms with E-state index >= 15 is 0 Å². The lowest BCUT2D eigenvalue weighted by molar-refractivity contribution is -0.661. The Morgan fingerprint density at radius 1 is 1.21 bits per heavy atom. The topological polar surface area (TPSA) is 188 Å². The first-order chi connectivity index (χ1) is 23.2. The lowest BCUT2D eigenvalue weighted by Crippen LogP contribution is -2.71. The van der Waals surface area contributed by atoms with E-state index in [1.807, 2.05) is 58.1 Å². The number of rotatable bonds is 10. The van der Waals surface area contributed by atoms with Gasteiger partial charge in [-0.3, -0.25) is 19.9 Å². The number of oxime groups is 1. The summed E-state index contributed by atoms with van der Waals surface area (Å²) in [7, 11) is 1.29. The van der Waals surface area contributed by atoms with Gasteiger partial charge in [-0.25, -0.2) is 19.0 Å². The number of nitrogens with zero attached hydrogens (tertiary/aromatic N) is 7. The fraction of sp³-hybridized carbons (Fsp3) is 0.323. The molecule has 15 nitrogen and oxygen atoms in total. The number of imidazole rings is 1. The van der Waals surface area contributed by atoms with Gasteiger partial charge in [-0.1, -0.05) is 29.4 Å². The molecule has 6 heterocycles. The number of likely N-dealkylation sites (tertiary alicyclic amines) is 1. The summed E-state index contributed by atoms with van der Waals surface area (Å²) in [6.45, 7) is 2.75. The molecule has 1 aromatic carbocycles. The predicted molar refractivity (Wildman–Crippen MR) is 179 cm³/mol. The molecule has 4 aromatic rings. The summed E-state index contributed by atoms with van der Waals surface area (Å²) >= 11 is 2.52. The zero-order valence-corrected chi connectivity index (χ0v) is 27.5. The van der Waals surface area contributed by atoms with E-state index in [9.17, 15) is 19.5 Å². The number of fused-ring (bicyclic) bond motifs is 2. The Hall–Kier alpha value is -5.16. The zero-order chi connectivity index (χ0) is 33.5. The molecule has 3 aliphatic rings. The van der Waals surface area contributed by atoms with Gasteiger partial charge in [0.1, 0.15) is 48.5 Å². The number of benzene rings is 1. The number of hydrogen-bond donors (Lipinski definition) is 4. The second-order valence-electron chi connectivity index (χ2n) is 11.6. The van der Waals surface area contributed by atoms with Crippen LogP contribution >= 0.6 is 23.1 Å². The van der Waals surface area contributed by atoms with Crippen LogP contribution in [0.2, 0.25) is 0 Å². The summed E-state index contributed by atoms with van der Waals surface area (Å²) in [6.07, 6.45) is 8.03. The number of carboxylic acids is 1. The lowest BCUT2D eigenvalue weighted by atomic mass is 10.0. The molecular weight excluding hydrogens is 657 g/mol. The molecule has 3 aromatic heterocycles. The first-order valence-corrected chi connectivity index (χ1v) is 17.2. The molecule has 0 unspecified atom stereocenters. The van der Waals surface area contributed by atoms with Crippen molar-refractivity contribution in [2.45, 2.75) is 37.3 Å². The van der Waals surface area contributed by atoms with Crippen molar-refractivity contribution in [3.05, 3.63) is 82.4 Å². The highest BCUT2D eigenvalue weighted by molar-refractivity contribution is 8.00. The van der Waals surface area contributed by atoms with Gasteiger partial charge in [0.05, 0.1) is 18.8 Å². The summed E-state index contributed by atoms with van der Waals surface area (Å²) < 4.78 is 5.95. The van der Waals surface area contributed by atoms with Crippen LogP contribution in [0.4, 0.5) is 5.13 Å². The van der Waals surface area contributed by atoms with Gasteiger partial charge in [0.25, 0.3) is 11.8 Å². The van der Waals surface area contributed by atoms with Gasteiger partial charge < -0.3 is 25.9 Å². The van der Waals surface area contributed by atoms with Crippen LogP contribution in [0, 0.1) is 5.41 Å². The van der Waals surface area contributed by atoms with Crippen molar-refractivity contribution in [1.29, 1.82) is 5.41 Å². The molecule has 7 rings (SSSR count). The summed E-state index contributed by atoms with van der Waals surface area (Å²) in [5.74, 6) is -1.49. The van der Waals surface area contributed by atoms with E-state index in [-0.39, 0.29) is 28.8 Å². The smallest absolute Gasteiger partial charge is 0.352 e. The molecule has 0 radical (unpaired) electrons. The number of hydrogen-bond acceptors (Lipinski definition) is 10. The van der Waals surface area contributed by atoms with Crippen LogP contribution in [-0.4, -0.2) is 95.8 Å². The molecule has 2 saturated heterocycles. The molecule has 0 bridgehead atoms. The molecule has 3 aliphatic heterocycles. The van der Waals surface area contributed by atoms with Gasteiger partial charge in [0.2, 0.25) is 0 Å². The standard InChI is InChI=1S/C31H32N10O5S2/c1-46-36-23(21-17-48-31(33)34-21)27(42)35-24-28(43)41-25(30(44)45)20(16-47-29(24)41)15-39-11-8-22-38(12-13-40(22)39)14-18-4-6-19(7-5-18)26(32)37-9-2-3-10-37/h4-8,11-13,17,24,29,32H,2-3,9-10,14-16H2,1H3,(H3-,33,34,35,42,44,45)/p+1/b32-26?,36-23-/t24-,29-/m1/s1. The molecule has 2 amide bonds. The molecule has 0 spiro atoms. The number of nitrogen functional groups attached to an aromatic ring is 1. The van der Waals surface area contributed by atoms with E-state index in [2.05, 4.69) is 24.9 Å². The Morgan fingerprint density at radius 3 is 2.67 bits per heavy atom. The molecule has 5 N–H and O–H groups in total. The van der Waals surface area contributed by atoms with Crippen molar-refractivity contribution in [3.8, 4) is 0 Å². The van der Waals surface area contributed by atoms with Gasteiger partial charge in [-0.05, 0) is 24.0 Å². The Bertz CT molecular complexity index is 1990. The van der Waals surface area contributed by atoms with Gasteiger partial charge in [-0.2, -0.15) is 0 Å². The molecule has 2 atom stereocenters. The van der Waals surface area contributed by atoms with Crippen LogP contribution in [0.15, 0.2) is 70.7 Å². The fourth-order valence-electron chi connectivity index (χ4n) is 6.29. The van der Waals surface area contributed by atoms with Crippen LogP contribution in [0.1, 0.15) is 29.7 Å². The molecule has 0 aliphatic carbocycles. The number of thioether (sulfide) groups is 1. The Morgan fingerprint density at radius 2 is 1.98 bits per heavy atom. The summed E-state index contributed by atoms with van der Waals surface area (Å²) in [4.78, 5) is 51.1. The normalized spacial score (nSPS) is 19.4. The van der Waals surface area contributed by atoms with Gasteiger partial charge in [-0.15, -0.1) is 27.6 Å². The van der Waals surface area contributed by atoms with Crippen LogP contribution < -0.4 is 15.6 Å². The predicted octanol–water partition coefficient (Wildman–Crippen LogP) is 1.33. The van der Waals surface area contributed by atoms with E-state index in [0.717, 1.165) is 54.0 Å².